The van der Waals surface area contributed by atoms with Gasteiger partial charge in [0.2, 0.25) is 5.91 Å². The number of nitrogens with zero attached hydrogens (tertiary/aromatic N) is 4. The van der Waals surface area contributed by atoms with Gasteiger partial charge in [-0.15, -0.1) is 0 Å². The summed E-state index contributed by atoms with van der Waals surface area (Å²) in [5.41, 5.74) is 1.62. The van der Waals surface area contributed by atoms with Crippen LogP contribution in [0.3, 0.4) is 0 Å². The van der Waals surface area contributed by atoms with Crippen LogP contribution in [0.2, 0.25) is 0 Å². The lowest BCUT2D eigenvalue weighted by molar-refractivity contribution is -0.120. The summed E-state index contributed by atoms with van der Waals surface area (Å²) in [4.78, 5) is 15.6. The minimum Gasteiger partial charge on any atom is -0.371 e. The Balaban J connectivity index is 0.00000483. The molecule has 0 heterocycles. The summed E-state index contributed by atoms with van der Waals surface area (Å²) in [7, 11) is 0. The van der Waals surface area contributed by atoms with Crippen LogP contribution in [0.1, 0.15) is 125 Å². The quantitative estimate of drug-likeness (QED) is 0.196. The zero-order valence-electron chi connectivity index (χ0n) is 26.3. The molecule has 1 aromatic carbocycles. The van der Waals surface area contributed by atoms with E-state index in [9.17, 15) is 20.6 Å². The van der Waals surface area contributed by atoms with Crippen molar-refractivity contribution in [3.63, 3.8) is 0 Å². The number of anilines is 2. The van der Waals surface area contributed by atoms with Gasteiger partial charge >= 0.3 is 0 Å². The standard InChI is InChI=1S/C31H45N5O.C3H8/c1-6-11-14-24(9-4)23-36(18-13-8-3)27-16-17-28(29(22-34)26(20-32)21-33)30(19-27)35-31(37)25(10-5)15-12-7-2;1-3-2/h16-17,19,24-25H,6-15,18,23H2,1-5H3,(H,35,37);3H2,1-2H3. The maximum absolute atomic E-state index is 13.3. The number of allylic oxidation sites excluding steroid dienone is 2. The van der Waals surface area contributed by atoms with E-state index in [4.69, 9.17) is 0 Å². The molecule has 0 aromatic heterocycles. The summed E-state index contributed by atoms with van der Waals surface area (Å²) in [6.45, 7) is 16.8. The molecule has 1 amide bonds. The van der Waals surface area contributed by atoms with E-state index in [0.29, 0.717) is 17.2 Å². The summed E-state index contributed by atoms with van der Waals surface area (Å²) in [6.07, 6.45) is 11.6. The van der Waals surface area contributed by atoms with Gasteiger partial charge in [-0.05, 0) is 49.8 Å². The van der Waals surface area contributed by atoms with Gasteiger partial charge in [-0.1, -0.05) is 93.4 Å². The molecule has 220 valence electrons. The largest absolute Gasteiger partial charge is 0.371 e. The average Bonchev–Trinajstić information content (AvgIpc) is 2.96. The molecule has 0 aliphatic rings. The molecule has 40 heavy (non-hydrogen) atoms. The maximum atomic E-state index is 13.3. The van der Waals surface area contributed by atoms with Crippen molar-refractivity contribution in [2.45, 2.75) is 119 Å². The van der Waals surface area contributed by atoms with E-state index in [1.54, 1.807) is 6.07 Å². The van der Waals surface area contributed by atoms with Gasteiger partial charge in [0.1, 0.15) is 23.8 Å². The number of carbonyl (C=O) groups is 1. The lowest BCUT2D eigenvalue weighted by Gasteiger charge is -2.30. The Morgan fingerprint density at radius 1 is 0.850 bits per heavy atom. The van der Waals surface area contributed by atoms with E-state index in [-0.39, 0.29) is 23.0 Å². The van der Waals surface area contributed by atoms with Crippen molar-refractivity contribution in [3.05, 3.63) is 29.3 Å². The average molecular weight is 548 g/mol. The number of unbranched alkanes of at least 4 members (excludes halogenated alkanes) is 3. The molecule has 0 radical (unpaired) electrons. The molecule has 0 spiro atoms. The minimum absolute atomic E-state index is 0.0112. The van der Waals surface area contributed by atoms with E-state index >= 15 is 0 Å². The first-order valence-corrected chi connectivity index (χ1v) is 15.5. The van der Waals surface area contributed by atoms with Crippen molar-refractivity contribution in [1.29, 1.82) is 15.8 Å². The Labute approximate surface area is 245 Å². The highest BCUT2D eigenvalue weighted by Gasteiger charge is 2.22. The van der Waals surface area contributed by atoms with Gasteiger partial charge in [-0.3, -0.25) is 4.79 Å². The first-order chi connectivity index (χ1) is 19.3. The predicted molar refractivity (Wildman–Crippen MR) is 169 cm³/mol. The molecular weight excluding hydrogens is 494 g/mol. The Bertz CT molecular complexity index is 1010. The van der Waals surface area contributed by atoms with E-state index in [0.717, 1.165) is 63.7 Å². The van der Waals surface area contributed by atoms with E-state index in [1.807, 2.05) is 37.3 Å². The second-order valence-electron chi connectivity index (χ2n) is 10.5. The van der Waals surface area contributed by atoms with Crippen LogP contribution < -0.4 is 10.2 Å². The van der Waals surface area contributed by atoms with Crippen LogP contribution in [0.25, 0.3) is 5.57 Å². The molecule has 0 bridgehead atoms. The molecule has 0 aliphatic heterocycles. The van der Waals surface area contributed by atoms with Crippen LogP contribution in [0.15, 0.2) is 23.8 Å². The molecule has 0 fully saturated rings. The summed E-state index contributed by atoms with van der Waals surface area (Å²) in [5.74, 6) is 0.357. The van der Waals surface area contributed by atoms with Crippen LogP contribution in [0.5, 0.6) is 0 Å². The molecule has 1 aromatic rings. The number of hydrogen-bond acceptors (Lipinski definition) is 5. The van der Waals surface area contributed by atoms with Crippen LogP contribution in [-0.2, 0) is 4.79 Å². The van der Waals surface area contributed by atoms with Crippen molar-refractivity contribution < 1.29 is 4.79 Å². The predicted octanol–water partition coefficient (Wildman–Crippen LogP) is 9.41. The van der Waals surface area contributed by atoms with Gasteiger partial charge in [0, 0.05) is 30.3 Å². The monoisotopic (exact) mass is 547 g/mol. The molecule has 0 aliphatic carbocycles. The number of amides is 1. The van der Waals surface area contributed by atoms with Gasteiger partial charge in [0.25, 0.3) is 0 Å². The van der Waals surface area contributed by atoms with Crippen molar-refractivity contribution in [1.82, 2.24) is 0 Å². The van der Waals surface area contributed by atoms with Crippen LogP contribution >= 0.6 is 0 Å². The van der Waals surface area contributed by atoms with Gasteiger partial charge < -0.3 is 10.2 Å². The third-order valence-corrected chi connectivity index (χ3v) is 7.05. The minimum atomic E-state index is -0.253. The first kappa shape index (κ1) is 36.7. The second kappa shape index (κ2) is 22.5. The molecule has 1 rings (SSSR count). The summed E-state index contributed by atoms with van der Waals surface area (Å²) >= 11 is 0. The number of benzene rings is 1. The molecule has 1 N–H and O–H groups in total. The second-order valence-corrected chi connectivity index (χ2v) is 10.5. The van der Waals surface area contributed by atoms with E-state index in [2.05, 4.69) is 51.8 Å². The fraction of sp³-hybridized carbons (Fsp3) is 0.647. The van der Waals surface area contributed by atoms with E-state index in [1.165, 1.54) is 25.7 Å². The Kier molecular flexibility index (Phi) is 20.7. The summed E-state index contributed by atoms with van der Waals surface area (Å²) < 4.78 is 0. The first-order valence-electron chi connectivity index (χ1n) is 15.5. The number of nitrogens with one attached hydrogen (secondary N) is 1. The highest BCUT2D eigenvalue weighted by atomic mass is 16.1. The lowest BCUT2D eigenvalue weighted by atomic mass is 9.96. The van der Waals surface area contributed by atoms with Crippen molar-refractivity contribution in [2.75, 3.05) is 23.3 Å². The van der Waals surface area contributed by atoms with Gasteiger partial charge in [0.05, 0.1) is 11.3 Å². The highest BCUT2D eigenvalue weighted by Crippen LogP contribution is 2.32. The molecule has 6 nitrogen and oxygen atoms in total. The third kappa shape index (κ3) is 12.7. The summed E-state index contributed by atoms with van der Waals surface area (Å²) in [5, 5.41) is 31.8. The molecule has 0 saturated carbocycles. The molecule has 6 heteroatoms. The molecule has 2 atom stereocenters. The molecule has 0 saturated heterocycles. The van der Waals surface area contributed by atoms with E-state index < -0.39 is 0 Å². The Morgan fingerprint density at radius 3 is 1.95 bits per heavy atom. The fourth-order valence-corrected chi connectivity index (χ4v) is 4.55. The normalized spacial score (nSPS) is 11.5. The fourth-order valence-electron chi connectivity index (χ4n) is 4.55. The van der Waals surface area contributed by atoms with Crippen molar-refractivity contribution in [3.8, 4) is 18.2 Å². The van der Waals surface area contributed by atoms with Gasteiger partial charge in [-0.25, -0.2) is 0 Å². The van der Waals surface area contributed by atoms with Crippen LogP contribution in [0.4, 0.5) is 11.4 Å². The van der Waals surface area contributed by atoms with Crippen LogP contribution in [-0.4, -0.2) is 19.0 Å². The highest BCUT2D eigenvalue weighted by molar-refractivity contribution is 5.99. The zero-order chi connectivity index (χ0) is 30.3. The SMILES string of the molecule is CCC.CCCCC(CC)CN(CCCC)c1ccc(C(C#N)=C(C#N)C#N)c(NC(=O)C(CC)CCCC)c1. The number of nitriles is 3. The molecular formula is C34H53N5O. The van der Waals surface area contributed by atoms with Crippen LogP contribution in [0, 0.1) is 45.8 Å². The number of hydrogen-bond donors (Lipinski definition) is 1. The molecule has 2 unspecified atom stereocenters. The zero-order valence-corrected chi connectivity index (χ0v) is 26.3. The maximum Gasteiger partial charge on any atom is 0.227 e. The topological polar surface area (TPSA) is 104 Å². The number of rotatable bonds is 17. The smallest absolute Gasteiger partial charge is 0.227 e. The Hall–Kier alpha value is -3.30. The summed E-state index contributed by atoms with van der Waals surface area (Å²) in [6, 6.07) is 11.3. The van der Waals surface area contributed by atoms with Gasteiger partial charge in [0.15, 0.2) is 0 Å². The van der Waals surface area contributed by atoms with Crippen molar-refractivity contribution >= 4 is 22.9 Å². The van der Waals surface area contributed by atoms with Gasteiger partial charge in [-0.2, -0.15) is 15.8 Å². The lowest BCUT2D eigenvalue weighted by Crippen LogP contribution is -2.31. The third-order valence-electron chi connectivity index (χ3n) is 7.05. The van der Waals surface area contributed by atoms with Crippen molar-refractivity contribution in [2.24, 2.45) is 11.8 Å². The Morgan fingerprint density at radius 2 is 1.45 bits per heavy atom. The number of carbonyl (C=O) groups excluding carboxylic acids is 1.